The highest BCUT2D eigenvalue weighted by atomic mass is 127. The Labute approximate surface area is 117 Å². The summed E-state index contributed by atoms with van der Waals surface area (Å²) in [5.74, 6) is 0. The van der Waals surface area contributed by atoms with Gasteiger partial charge in [-0.05, 0) is 72.4 Å². The van der Waals surface area contributed by atoms with Crippen molar-refractivity contribution in [3.05, 3.63) is 33.4 Å². The quantitative estimate of drug-likeness (QED) is 0.825. The first-order valence-electron chi connectivity index (χ1n) is 6.31. The van der Waals surface area contributed by atoms with Gasteiger partial charge < -0.3 is 9.84 Å². The summed E-state index contributed by atoms with van der Waals surface area (Å²) in [5.41, 5.74) is 1.03. The van der Waals surface area contributed by atoms with Crippen LogP contribution in [0.3, 0.4) is 0 Å². The molecular weight excluding hydrogens is 327 g/mol. The van der Waals surface area contributed by atoms with Gasteiger partial charge in [0.15, 0.2) is 0 Å². The fourth-order valence-electron chi connectivity index (χ4n) is 2.29. The van der Waals surface area contributed by atoms with Gasteiger partial charge in [-0.2, -0.15) is 0 Å². The summed E-state index contributed by atoms with van der Waals surface area (Å²) in [6.07, 6.45) is 5.46. The zero-order chi connectivity index (χ0) is 12.1. The number of aliphatic hydroxyl groups is 1. The molecule has 1 saturated heterocycles. The van der Waals surface area contributed by atoms with Crippen LogP contribution in [-0.4, -0.2) is 17.8 Å². The summed E-state index contributed by atoms with van der Waals surface area (Å²) in [4.78, 5) is 0. The predicted molar refractivity (Wildman–Crippen MR) is 76.9 cm³/mol. The average Bonchev–Trinajstić information content (AvgIpc) is 2.82. The minimum absolute atomic E-state index is 0.328. The van der Waals surface area contributed by atoms with Crippen LogP contribution < -0.4 is 0 Å². The Morgan fingerprint density at radius 1 is 1.47 bits per heavy atom. The molecule has 0 saturated carbocycles. The van der Waals surface area contributed by atoms with Crippen LogP contribution in [0.1, 0.15) is 43.8 Å². The highest BCUT2D eigenvalue weighted by molar-refractivity contribution is 14.1. The van der Waals surface area contributed by atoms with Crippen molar-refractivity contribution in [3.8, 4) is 0 Å². The van der Waals surface area contributed by atoms with Crippen LogP contribution in [0.25, 0.3) is 0 Å². The van der Waals surface area contributed by atoms with Crippen LogP contribution in [0, 0.1) is 3.57 Å². The van der Waals surface area contributed by atoms with E-state index in [2.05, 4.69) is 28.7 Å². The first kappa shape index (κ1) is 13.3. The number of benzene rings is 1. The van der Waals surface area contributed by atoms with Crippen molar-refractivity contribution in [2.45, 2.75) is 44.3 Å². The molecule has 0 radical (unpaired) electrons. The Hall–Kier alpha value is -0.130. The highest BCUT2D eigenvalue weighted by Crippen LogP contribution is 2.23. The van der Waals surface area contributed by atoms with Gasteiger partial charge in [-0.1, -0.05) is 12.1 Å². The lowest BCUT2D eigenvalue weighted by Gasteiger charge is -2.13. The summed E-state index contributed by atoms with van der Waals surface area (Å²) >= 11 is 2.28. The van der Waals surface area contributed by atoms with E-state index in [1.807, 2.05) is 18.2 Å². The minimum atomic E-state index is -0.328. The second-order valence-electron chi connectivity index (χ2n) is 4.64. The summed E-state index contributed by atoms with van der Waals surface area (Å²) in [6, 6.07) is 8.10. The van der Waals surface area contributed by atoms with Crippen LogP contribution in [0.15, 0.2) is 24.3 Å². The molecule has 1 aliphatic heterocycles. The molecule has 1 heterocycles. The highest BCUT2D eigenvalue weighted by Gasteiger charge is 2.16. The molecule has 0 aromatic heterocycles. The van der Waals surface area contributed by atoms with E-state index in [0.29, 0.717) is 6.10 Å². The molecule has 2 nitrogen and oxygen atoms in total. The zero-order valence-corrected chi connectivity index (χ0v) is 12.1. The van der Waals surface area contributed by atoms with Gasteiger partial charge in [0.2, 0.25) is 0 Å². The van der Waals surface area contributed by atoms with Crippen molar-refractivity contribution in [2.75, 3.05) is 6.61 Å². The second-order valence-corrected chi connectivity index (χ2v) is 5.88. The van der Waals surface area contributed by atoms with Gasteiger partial charge in [-0.3, -0.25) is 0 Å². The first-order valence-corrected chi connectivity index (χ1v) is 7.39. The van der Waals surface area contributed by atoms with Crippen molar-refractivity contribution in [3.63, 3.8) is 0 Å². The van der Waals surface area contributed by atoms with Crippen LogP contribution in [0.2, 0.25) is 0 Å². The van der Waals surface area contributed by atoms with Gasteiger partial charge in [-0.25, -0.2) is 0 Å². The molecule has 2 rings (SSSR count). The summed E-state index contributed by atoms with van der Waals surface area (Å²) in [7, 11) is 0. The summed E-state index contributed by atoms with van der Waals surface area (Å²) in [6.45, 7) is 0.921. The maximum atomic E-state index is 10.1. The number of hydrogen-bond donors (Lipinski definition) is 1. The molecule has 17 heavy (non-hydrogen) atoms. The third-order valence-electron chi connectivity index (χ3n) is 3.26. The molecule has 0 spiro atoms. The molecule has 0 aliphatic carbocycles. The van der Waals surface area contributed by atoms with E-state index in [4.69, 9.17) is 4.74 Å². The van der Waals surface area contributed by atoms with E-state index in [1.54, 1.807) is 0 Å². The van der Waals surface area contributed by atoms with Crippen LogP contribution in [0.5, 0.6) is 0 Å². The lowest BCUT2D eigenvalue weighted by molar-refractivity contribution is 0.0944. The van der Waals surface area contributed by atoms with Gasteiger partial charge in [0.1, 0.15) is 0 Å². The molecule has 0 amide bonds. The molecule has 1 aromatic rings. The summed E-state index contributed by atoms with van der Waals surface area (Å²) in [5, 5.41) is 10.1. The number of rotatable bonds is 5. The van der Waals surface area contributed by atoms with Crippen LogP contribution >= 0.6 is 22.6 Å². The van der Waals surface area contributed by atoms with Gasteiger partial charge in [-0.15, -0.1) is 0 Å². The third kappa shape index (κ3) is 4.23. The largest absolute Gasteiger partial charge is 0.388 e. The lowest BCUT2D eigenvalue weighted by Crippen LogP contribution is -2.06. The van der Waals surface area contributed by atoms with E-state index in [-0.39, 0.29) is 6.10 Å². The zero-order valence-electron chi connectivity index (χ0n) is 9.94. The van der Waals surface area contributed by atoms with Crippen LogP contribution in [-0.2, 0) is 4.74 Å². The Bertz CT molecular complexity index is 348. The van der Waals surface area contributed by atoms with Crippen molar-refractivity contribution in [1.82, 2.24) is 0 Å². The molecule has 2 unspecified atom stereocenters. The first-order chi connectivity index (χ1) is 8.25. The second kappa shape index (κ2) is 6.71. The Morgan fingerprint density at radius 2 is 2.35 bits per heavy atom. The van der Waals surface area contributed by atoms with Crippen molar-refractivity contribution < 1.29 is 9.84 Å². The molecule has 2 atom stereocenters. The molecule has 1 fully saturated rings. The van der Waals surface area contributed by atoms with E-state index >= 15 is 0 Å². The predicted octanol–water partition coefficient (Wildman–Crippen LogP) is 3.67. The maximum absolute atomic E-state index is 10.1. The topological polar surface area (TPSA) is 29.5 Å². The number of ether oxygens (including phenoxy) is 1. The molecule has 0 bridgehead atoms. The van der Waals surface area contributed by atoms with E-state index in [1.165, 1.54) is 16.4 Å². The minimum Gasteiger partial charge on any atom is -0.388 e. The molecule has 1 aromatic carbocycles. The molecule has 3 heteroatoms. The van der Waals surface area contributed by atoms with Crippen molar-refractivity contribution >= 4 is 22.6 Å². The molecular formula is C14H19IO2. The van der Waals surface area contributed by atoms with E-state index in [0.717, 1.165) is 31.4 Å². The maximum Gasteiger partial charge on any atom is 0.0790 e. The Kier molecular flexibility index (Phi) is 5.25. The molecule has 94 valence electrons. The van der Waals surface area contributed by atoms with Gasteiger partial charge in [0.25, 0.3) is 0 Å². The number of aliphatic hydroxyl groups excluding tert-OH is 1. The lowest BCUT2D eigenvalue weighted by atomic mass is 10.0. The van der Waals surface area contributed by atoms with Crippen LogP contribution in [0.4, 0.5) is 0 Å². The fraction of sp³-hybridized carbons (Fsp3) is 0.571. The SMILES string of the molecule is OC(CCCC1CCCO1)c1cccc(I)c1. The standard InChI is InChI=1S/C14H19IO2/c15-12-5-1-4-11(10-12)14(16)8-2-6-13-7-3-9-17-13/h1,4-5,10,13-14,16H,2-3,6-9H2. The fourth-order valence-corrected chi connectivity index (χ4v) is 2.86. The Balaban J connectivity index is 1.74. The molecule has 1 aliphatic rings. The molecule has 1 N–H and O–H groups in total. The van der Waals surface area contributed by atoms with E-state index < -0.39 is 0 Å². The van der Waals surface area contributed by atoms with E-state index in [9.17, 15) is 5.11 Å². The van der Waals surface area contributed by atoms with Gasteiger partial charge >= 0.3 is 0 Å². The number of hydrogen-bond acceptors (Lipinski definition) is 2. The Morgan fingerprint density at radius 3 is 3.06 bits per heavy atom. The smallest absolute Gasteiger partial charge is 0.0790 e. The van der Waals surface area contributed by atoms with Gasteiger partial charge in [0.05, 0.1) is 12.2 Å². The van der Waals surface area contributed by atoms with Crippen molar-refractivity contribution in [2.24, 2.45) is 0 Å². The summed E-state index contributed by atoms with van der Waals surface area (Å²) < 4.78 is 6.76. The van der Waals surface area contributed by atoms with Crippen molar-refractivity contribution in [1.29, 1.82) is 0 Å². The number of halogens is 1. The average molecular weight is 346 g/mol. The monoisotopic (exact) mass is 346 g/mol. The third-order valence-corrected chi connectivity index (χ3v) is 3.93. The van der Waals surface area contributed by atoms with Gasteiger partial charge in [0, 0.05) is 10.2 Å². The normalized spacial score (nSPS) is 21.6.